The molecule has 4 heteroatoms. The van der Waals surface area contributed by atoms with Gasteiger partial charge < -0.3 is 14.4 Å². The third kappa shape index (κ3) is 2.35. The summed E-state index contributed by atoms with van der Waals surface area (Å²) in [5.41, 5.74) is -0.375. The maximum atomic E-state index is 11.4. The van der Waals surface area contributed by atoms with E-state index in [-0.39, 0.29) is 17.4 Å². The molecule has 14 heavy (non-hydrogen) atoms. The summed E-state index contributed by atoms with van der Waals surface area (Å²) < 4.78 is 6.67. The van der Waals surface area contributed by atoms with Crippen LogP contribution < -0.4 is 5.56 Å². The molecule has 1 aromatic rings. The van der Waals surface area contributed by atoms with E-state index in [9.17, 15) is 9.90 Å². The zero-order valence-corrected chi connectivity index (χ0v) is 8.43. The first-order valence-corrected chi connectivity index (χ1v) is 4.64. The third-order valence-corrected chi connectivity index (χ3v) is 1.99. The number of hydrogen-bond acceptors (Lipinski definition) is 3. The van der Waals surface area contributed by atoms with Crippen LogP contribution in [0.5, 0.6) is 5.75 Å². The first-order chi connectivity index (χ1) is 6.66. The Kier molecular flexibility index (Phi) is 3.71. The van der Waals surface area contributed by atoms with Gasteiger partial charge in [0.2, 0.25) is 0 Å². The second-order valence-electron chi connectivity index (χ2n) is 3.11. The molecule has 0 radical (unpaired) electrons. The van der Waals surface area contributed by atoms with Crippen LogP contribution in [-0.4, -0.2) is 22.9 Å². The highest BCUT2D eigenvalue weighted by atomic mass is 16.5. The Labute approximate surface area is 82.8 Å². The fourth-order valence-electron chi connectivity index (χ4n) is 1.21. The van der Waals surface area contributed by atoms with Crippen molar-refractivity contribution in [3.05, 3.63) is 28.7 Å². The van der Waals surface area contributed by atoms with Gasteiger partial charge in [0.15, 0.2) is 5.75 Å². The number of aromatic hydroxyl groups is 1. The quantitative estimate of drug-likeness (QED) is 0.787. The predicted octanol–water partition coefficient (Wildman–Crippen LogP) is 1.15. The van der Waals surface area contributed by atoms with Crippen molar-refractivity contribution < 1.29 is 9.84 Å². The summed E-state index contributed by atoms with van der Waals surface area (Å²) in [5, 5.41) is 9.20. The summed E-state index contributed by atoms with van der Waals surface area (Å²) in [6.07, 6.45) is 1.64. The average Bonchev–Trinajstić information content (AvgIpc) is 2.18. The van der Waals surface area contributed by atoms with Gasteiger partial charge in [0.1, 0.15) is 0 Å². The van der Waals surface area contributed by atoms with Crippen molar-refractivity contribution in [3.8, 4) is 5.75 Å². The molecule has 0 aliphatic rings. The Balaban J connectivity index is 2.84. The van der Waals surface area contributed by atoms with Crippen LogP contribution in [-0.2, 0) is 4.74 Å². The third-order valence-electron chi connectivity index (χ3n) is 1.99. The molecule has 4 nitrogen and oxygen atoms in total. The molecule has 1 N–H and O–H groups in total. The minimum absolute atomic E-state index is 0.0606. The monoisotopic (exact) mass is 197 g/mol. The Morgan fingerprint density at radius 1 is 1.64 bits per heavy atom. The van der Waals surface area contributed by atoms with Crippen molar-refractivity contribution >= 4 is 0 Å². The predicted molar refractivity (Wildman–Crippen MR) is 53.6 cm³/mol. The Morgan fingerprint density at radius 3 is 3.00 bits per heavy atom. The van der Waals surface area contributed by atoms with Gasteiger partial charge in [0, 0.05) is 12.8 Å². The van der Waals surface area contributed by atoms with Crippen molar-refractivity contribution in [2.75, 3.05) is 13.2 Å². The second kappa shape index (κ2) is 4.81. The average molecular weight is 197 g/mol. The molecule has 0 saturated carbocycles. The highest BCUT2D eigenvalue weighted by molar-refractivity contribution is 5.15. The highest BCUT2D eigenvalue weighted by Crippen LogP contribution is 2.05. The molecule has 0 saturated heterocycles. The van der Waals surface area contributed by atoms with Gasteiger partial charge in [0.25, 0.3) is 5.56 Å². The molecule has 1 unspecified atom stereocenters. The van der Waals surface area contributed by atoms with E-state index in [0.29, 0.717) is 13.2 Å². The van der Waals surface area contributed by atoms with Gasteiger partial charge in [-0.1, -0.05) is 0 Å². The lowest BCUT2D eigenvalue weighted by molar-refractivity contribution is 0.117. The lowest BCUT2D eigenvalue weighted by Crippen LogP contribution is -2.24. The summed E-state index contributed by atoms with van der Waals surface area (Å²) in [5.74, 6) is -0.226. The van der Waals surface area contributed by atoms with Gasteiger partial charge in [-0.3, -0.25) is 4.79 Å². The maximum absolute atomic E-state index is 11.4. The molecule has 78 valence electrons. The molecule has 0 aliphatic carbocycles. The minimum Gasteiger partial charge on any atom is -0.503 e. The number of aromatic nitrogens is 1. The van der Waals surface area contributed by atoms with Crippen LogP contribution in [0.1, 0.15) is 19.9 Å². The Hall–Kier alpha value is -1.29. The van der Waals surface area contributed by atoms with E-state index in [0.717, 1.165) is 0 Å². The van der Waals surface area contributed by atoms with E-state index in [1.165, 1.54) is 10.6 Å². The lowest BCUT2D eigenvalue weighted by Gasteiger charge is -2.14. The molecule has 0 fully saturated rings. The molecule has 0 aromatic carbocycles. The largest absolute Gasteiger partial charge is 0.503 e. The molecule has 0 bridgehead atoms. The smallest absolute Gasteiger partial charge is 0.292 e. The number of hydrogen-bond donors (Lipinski definition) is 1. The second-order valence-corrected chi connectivity index (χ2v) is 3.11. The summed E-state index contributed by atoms with van der Waals surface area (Å²) in [4.78, 5) is 11.4. The van der Waals surface area contributed by atoms with Crippen LogP contribution in [0.4, 0.5) is 0 Å². The number of pyridine rings is 1. The van der Waals surface area contributed by atoms with E-state index in [4.69, 9.17) is 4.74 Å². The molecule has 1 heterocycles. The fourth-order valence-corrected chi connectivity index (χ4v) is 1.21. The summed E-state index contributed by atoms with van der Waals surface area (Å²) >= 11 is 0. The minimum atomic E-state index is -0.375. The van der Waals surface area contributed by atoms with Gasteiger partial charge in [-0.2, -0.15) is 0 Å². The van der Waals surface area contributed by atoms with E-state index in [2.05, 4.69) is 0 Å². The maximum Gasteiger partial charge on any atom is 0.292 e. The summed E-state index contributed by atoms with van der Waals surface area (Å²) in [6.45, 7) is 4.87. The van der Waals surface area contributed by atoms with Gasteiger partial charge >= 0.3 is 0 Å². The number of nitrogens with zero attached hydrogens (tertiary/aromatic N) is 1. The van der Waals surface area contributed by atoms with E-state index in [1.54, 1.807) is 12.3 Å². The van der Waals surface area contributed by atoms with Crippen LogP contribution >= 0.6 is 0 Å². The SMILES string of the molecule is CCOCC(C)n1cccc(O)c1=O. The summed E-state index contributed by atoms with van der Waals surface area (Å²) in [7, 11) is 0. The number of rotatable bonds is 4. The van der Waals surface area contributed by atoms with Gasteiger partial charge in [-0.05, 0) is 26.0 Å². The van der Waals surface area contributed by atoms with Crippen molar-refractivity contribution in [2.24, 2.45) is 0 Å². The van der Waals surface area contributed by atoms with E-state index >= 15 is 0 Å². The normalized spacial score (nSPS) is 12.7. The van der Waals surface area contributed by atoms with Gasteiger partial charge in [0.05, 0.1) is 12.6 Å². The first kappa shape index (κ1) is 10.8. The highest BCUT2D eigenvalue weighted by Gasteiger charge is 2.07. The molecule has 1 aromatic heterocycles. The molecule has 0 amide bonds. The molecular weight excluding hydrogens is 182 g/mol. The molecular formula is C10H15NO3. The fraction of sp³-hybridized carbons (Fsp3) is 0.500. The lowest BCUT2D eigenvalue weighted by atomic mass is 10.3. The molecule has 0 aliphatic heterocycles. The van der Waals surface area contributed by atoms with Crippen molar-refractivity contribution in [1.82, 2.24) is 4.57 Å². The van der Waals surface area contributed by atoms with Gasteiger partial charge in [-0.25, -0.2) is 0 Å². The molecule has 1 rings (SSSR count). The van der Waals surface area contributed by atoms with E-state index < -0.39 is 0 Å². The van der Waals surface area contributed by atoms with Crippen LogP contribution in [0.15, 0.2) is 23.1 Å². The zero-order chi connectivity index (χ0) is 10.6. The Morgan fingerprint density at radius 2 is 2.36 bits per heavy atom. The van der Waals surface area contributed by atoms with Crippen LogP contribution in [0.2, 0.25) is 0 Å². The van der Waals surface area contributed by atoms with Crippen molar-refractivity contribution in [1.29, 1.82) is 0 Å². The van der Waals surface area contributed by atoms with E-state index in [1.807, 2.05) is 13.8 Å². The summed E-state index contributed by atoms with van der Waals surface area (Å²) in [6, 6.07) is 2.96. The van der Waals surface area contributed by atoms with Crippen LogP contribution in [0.25, 0.3) is 0 Å². The molecule has 1 atom stereocenters. The molecule has 0 spiro atoms. The van der Waals surface area contributed by atoms with Crippen LogP contribution in [0.3, 0.4) is 0 Å². The van der Waals surface area contributed by atoms with Gasteiger partial charge in [-0.15, -0.1) is 0 Å². The zero-order valence-electron chi connectivity index (χ0n) is 8.43. The van der Waals surface area contributed by atoms with Crippen molar-refractivity contribution in [3.63, 3.8) is 0 Å². The van der Waals surface area contributed by atoms with Crippen molar-refractivity contribution in [2.45, 2.75) is 19.9 Å². The standard InChI is InChI=1S/C10H15NO3/c1-3-14-7-8(2)11-6-4-5-9(12)10(11)13/h4-6,8,12H,3,7H2,1-2H3. The topological polar surface area (TPSA) is 51.5 Å². The Bertz CT molecular complexity index is 345. The first-order valence-electron chi connectivity index (χ1n) is 4.64. The van der Waals surface area contributed by atoms with Crippen LogP contribution in [0, 0.1) is 0 Å². The number of ether oxygens (including phenoxy) is 1.